The summed E-state index contributed by atoms with van der Waals surface area (Å²) in [6, 6.07) is 16.6. The van der Waals surface area contributed by atoms with Crippen LogP contribution in [0.15, 0.2) is 48.5 Å². The lowest BCUT2D eigenvalue weighted by atomic mass is 9.85. The van der Waals surface area contributed by atoms with Crippen LogP contribution >= 0.6 is 0 Å². The molecule has 0 spiro atoms. The SMILES string of the molecule is CC(C)N(CCC(c1ccccc1)c1cc(O)ccc1CO)C(C)C. The highest BCUT2D eigenvalue weighted by molar-refractivity contribution is 5.42. The van der Waals surface area contributed by atoms with Gasteiger partial charge in [0.2, 0.25) is 0 Å². The van der Waals surface area contributed by atoms with Crippen molar-refractivity contribution in [2.24, 2.45) is 0 Å². The summed E-state index contributed by atoms with van der Waals surface area (Å²) in [4.78, 5) is 2.48. The molecule has 0 aliphatic rings. The number of phenols is 1. The summed E-state index contributed by atoms with van der Waals surface area (Å²) < 4.78 is 0. The van der Waals surface area contributed by atoms with E-state index in [0.717, 1.165) is 24.1 Å². The van der Waals surface area contributed by atoms with Gasteiger partial charge in [-0.25, -0.2) is 0 Å². The quantitative estimate of drug-likeness (QED) is 0.741. The zero-order valence-electron chi connectivity index (χ0n) is 15.8. The maximum Gasteiger partial charge on any atom is 0.115 e. The molecular formula is C22H31NO2. The molecule has 0 amide bonds. The first-order valence-corrected chi connectivity index (χ1v) is 9.17. The van der Waals surface area contributed by atoms with Crippen molar-refractivity contribution in [3.05, 3.63) is 65.2 Å². The van der Waals surface area contributed by atoms with E-state index in [2.05, 4.69) is 44.7 Å². The molecule has 2 rings (SSSR count). The van der Waals surface area contributed by atoms with E-state index in [1.165, 1.54) is 5.56 Å². The number of aliphatic hydroxyl groups excluding tert-OH is 1. The molecule has 25 heavy (non-hydrogen) atoms. The molecule has 0 saturated carbocycles. The molecule has 0 aromatic heterocycles. The number of phenolic OH excluding ortho intramolecular Hbond substituents is 1. The Hall–Kier alpha value is -1.84. The van der Waals surface area contributed by atoms with E-state index in [1.54, 1.807) is 12.1 Å². The van der Waals surface area contributed by atoms with Crippen LogP contribution in [0.5, 0.6) is 5.75 Å². The van der Waals surface area contributed by atoms with Crippen molar-refractivity contribution in [1.29, 1.82) is 0 Å². The van der Waals surface area contributed by atoms with E-state index in [0.29, 0.717) is 12.1 Å². The fourth-order valence-corrected chi connectivity index (χ4v) is 3.63. The fraction of sp³-hybridized carbons (Fsp3) is 0.455. The Labute approximate surface area is 151 Å². The van der Waals surface area contributed by atoms with Crippen LogP contribution in [-0.2, 0) is 6.61 Å². The molecule has 0 bridgehead atoms. The topological polar surface area (TPSA) is 43.7 Å². The van der Waals surface area contributed by atoms with Crippen LogP contribution in [0.3, 0.4) is 0 Å². The van der Waals surface area contributed by atoms with Crippen molar-refractivity contribution in [3.8, 4) is 5.75 Å². The third kappa shape index (κ3) is 5.07. The summed E-state index contributed by atoms with van der Waals surface area (Å²) in [5.41, 5.74) is 3.11. The van der Waals surface area contributed by atoms with Crippen molar-refractivity contribution in [2.45, 2.75) is 58.7 Å². The highest BCUT2D eigenvalue weighted by Gasteiger charge is 2.21. The Morgan fingerprint density at radius 3 is 2.12 bits per heavy atom. The first-order chi connectivity index (χ1) is 11.9. The average Bonchev–Trinajstić information content (AvgIpc) is 2.59. The molecular weight excluding hydrogens is 310 g/mol. The van der Waals surface area contributed by atoms with Crippen LogP contribution in [0.4, 0.5) is 0 Å². The highest BCUT2D eigenvalue weighted by Crippen LogP contribution is 2.33. The monoisotopic (exact) mass is 341 g/mol. The summed E-state index contributed by atoms with van der Waals surface area (Å²) in [6.45, 7) is 9.86. The van der Waals surface area contributed by atoms with E-state index in [4.69, 9.17) is 0 Å². The van der Waals surface area contributed by atoms with Gasteiger partial charge >= 0.3 is 0 Å². The summed E-state index contributed by atoms with van der Waals surface area (Å²) >= 11 is 0. The molecule has 2 N–H and O–H groups in total. The van der Waals surface area contributed by atoms with Gasteiger partial charge in [0.15, 0.2) is 0 Å². The predicted molar refractivity (Wildman–Crippen MR) is 104 cm³/mol. The second-order valence-corrected chi connectivity index (χ2v) is 7.22. The maximum atomic E-state index is 9.99. The summed E-state index contributed by atoms with van der Waals surface area (Å²) in [5.74, 6) is 0.396. The highest BCUT2D eigenvalue weighted by atomic mass is 16.3. The van der Waals surface area contributed by atoms with Crippen LogP contribution in [0.2, 0.25) is 0 Å². The van der Waals surface area contributed by atoms with Gasteiger partial charge < -0.3 is 10.2 Å². The van der Waals surface area contributed by atoms with Gasteiger partial charge in [-0.15, -0.1) is 0 Å². The van der Waals surface area contributed by atoms with E-state index >= 15 is 0 Å². The molecule has 0 fully saturated rings. The first-order valence-electron chi connectivity index (χ1n) is 9.17. The van der Waals surface area contributed by atoms with Gasteiger partial charge in [-0.2, -0.15) is 0 Å². The zero-order valence-corrected chi connectivity index (χ0v) is 15.8. The van der Waals surface area contributed by atoms with Crippen molar-refractivity contribution >= 4 is 0 Å². The summed E-state index contributed by atoms with van der Waals surface area (Å²) in [5, 5.41) is 19.8. The lowest BCUT2D eigenvalue weighted by molar-refractivity contribution is 0.170. The Bertz CT molecular complexity index is 644. The van der Waals surface area contributed by atoms with Crippen molar-refractivity contribution < 1.29 is 10.2 Å². The van der Waals surface area contributed by atoms with Crippen LogP contribution in [-0.4, -0.2) is 33.7 Å². The minimum atomic E-state index is -0.0168. The van der Waals surface area contributed by atoms with E-state index in [-0.39, 0.29) is 18.3 Å². The van der Waals surface area contributed by atoms with Crippen LogP contribution < -0.4 is 0 Å². The molecule has 0 aliphatic heterocycles. The molecule has 3 nitrogen and oxygen atoms in total. The molecule has 1 unspecified atom stereocenters. The number of hydrogen-bond acceptors (Lipinski definition) is 3. The molecule has 2 aromatic rings. The number of aromatic hydroxyl groups is 1. The van der Waals surface area contributed by atoms with Gasteiger partial charge in [0.1, 0.15) is 5.75 Å². The third-order valence-corrected chi connectivity index (χ3v) is 4.88. The third-order valence-electron chi connectivity index (χ3n) is 4.88. The number of rotatable bonds is 8. The van der Waals surface area contributed by atoms with Gasteiger partial charge in [0, 0.05) is 18.0 Å². The number of nitrogens with zero attached hydrogens (tertiary/aromatic N) is 1. The molecule has 3 heteroatoms. The van der Waals surface area contributed by atoms with Gasteiger partial charge in [-0.1, -0.05) is 36.4 Å². The van der Waals surface area contributed by atoms with Crippen LogP contribution in [0.25, 0.3) is 0 Å². The smallest absolute Gasteiger partial charge is 0.115 e. The van der Waals surface area contributed by atoms with Gasteiger partial charge in [0.05, 0.1) is 6.61 Å². The fourth-order valence-electron chi connectivity index (χ4n) is 3.63. The molecule has 0 aliphatic carbocycles. The van der Waals surface area contributed by atoms with Gasteiger partial charge in [0.25, 0.3) is 0 Å². The first kappa shape index (κ1) is 19.5. The lowest BCUT2D eigenvalue weighted by Gasteiger charge is -2.32. The van der Waals surface area contributed by atoms with Gasteiger partial charge in [-0.3, -0.25) is 4.90 Å². The molecule has 136 valence electrons. The molecule has 2 aromatic carbocycles. The second-order valence-electron chi connectivity index (χ2n) is 7.22. The Morgan fingerprint density at radius 2 is 1.56 bits per heavy atom. The molecule has 0 radical (unpaired) electrons. The Morgan fingerprint density at radius 1 is 0.920 bits per heavy atom. The molecule has 0 heterocycles. The summed E-state index contributed by atoms with van der Waals surface area (Å²) in [7, 11) is 0. The number of aliphatic hydroxyl groups is 1. The predicted octanol–water partition coefficient (Wildman–Crippen LogP) is 4.53. The van der Waals surface area contributed by atoms with Crippen LogP contribution in [0.1, 0.15) is 56.7 Å². The van der Waals surface area contributed by atoms with Crippen molar-refractivity contribution in [1.82, 2.24) is 4.90 Å². The minimum absolute atomic E-state index is 0.0168. The van der Waals surface area contributed by atoms with Crippen molar-refractivity contribution in [2.75, 3.05) is 6.54 Å². The number of benzene rings is 2. The van der Waals surface area contributed by atoms with E-state index < -0.39 is 0 Å². The molecule has 0 saturated heterocycles. The zero-order chi connectivity index (χ0) is 18.4. The Balaban J connectivity index is 2.37. The second kappa shape index (κ2) is 9.02. The standard InChI is InChI=1S/C22H31NO2/c1-16(2)23(17(3)4)13-12-21(18-8-6-5-7-9-18)22-14-20(25)11-10-19(22)15-24/h5-11,14,16-17,21,24-25H,12-13,15H2,1-4H3. The normalized spacial score (nSPS) is 13.0. The van der Waals surface area contributed by atoms with Crippen molar-refractivity contribution in [3.63, 3.8) is 0 Å². The van der Waals surface area contributed by atoms with Crippen LogP contribution in [0, 0.1) is 0 Å². The largest absolute Gasteiger partial charge is 0.508 e. The van der Waals surface area contributed by atoms with E-state index in [9.17, 15) is 10.2 Å². The average molecular weight is 341 g/mol. The molecule has 1 atom stereocenters. The maximum absolute atomic E-state index is 9.99. The summed E-state index contributed by atoms with van der Waals surface area (Å²) in [6.07, 6.45) is 0.941. The van der Waals surface area contributed by atoms with Gasteiger partial charge in [-0.05, 0) is 69.5 Å². The minimum Gasteiger partial charge on any atom is -0.508 e. The lowest BCUT2D eigenvalue weighted by Crippen LogP contribution is -2.38. The number of hydrogen-bond donors (Lipinski definition) is 2. The van der Waals surface area contributed by atoms with E-state index in [1.807, 2.05) is 24.3 Å². The Kier molecular flexibility index (Phi) is 7.03.